The van der Waals surface area contributed by atoms with Crippen LogP contribution in [0.1, 0.15) is 39.9 Å². The van der Waals surface area contributed by atoms with E-state index in [1.165, 1.54) is 17.5 Å². The Morgan fingerprint density at radius 1 is 0.969 bits per heavy atom. The van der Waals surface area contributed by atoms with E-state index in [2.05, 4.69) is 39.6 Å². The van der Waals surface area contributed by atoms with Gasteiger partial charge in [-0.05, 0) is 80.2 Å². The fraction of sp³-hybridized carbons (Fsp3) is 0.462. The van der Waals surface area contributed by atoms with Gasteiger partial charge in [-0.2, -0.15) is 0 Å². The number of hydrogen-bond donors (Lipinski definition) is 2. The zero-order valence-electron chi connectivity index (χ0n) is 19.0. The van der Waals surface area contributed by atoms with Gasteiger partial charge in [0.1, 0.15) is 0 Å². The Balaban J connectivity index is 1.22. The summed E-state index contributed by atoms with van der Waals surface area (Å²) in [5.41, 5.74) is 5.03. The Hall–Kier alpha value is -2.70. The highest BCUT2D eigenvalue weighted by Gasteiger charge is 2.14. The molecule has 1 aliphatic carbocycles. The molecule has 0 unspecified atom stereocenters. The van der Waals surface area contributed by atoms with Crippen LogP contribution in [0.3, 0.4) is 0 Å². The van der Waals surface area contributed by atoms with Crippen molar-refractivity contribution in [3.8, 4) is 0 Å². The first kappa shape index (κ1) is 22.5. The molecule has 0 radical (unpaired) electrons. The van der Waals surface area contributed by atoms with E-state index in [1.807, 2.05) is 24.3 Å². The number of rotatable bonds is 8. The number of aryl methyl sites for hydroxylation is 2. The van der Waals surface area contributed by atoms with Crippen molar-refractivity contribution in [3.63, 3.8) is 0 Å². The van der Waals surface area contributed by atoms with Crippen molar-refractivity contribution in [1.82, 2.24) is 15.1 Å². The minimum atomic E-state index is -0.0794. The minimum absolute atomic E-state index is 0.0623. The molecule has 2 aliphatic rings. The third-order valence-corrected chi connectivity index (χ3v) is 6.47. The number of benzene rings is 2. The second kappa shape index (κ2) is 10.7. The number of fused-ring (bicyclic) bond motifs is 1. The minimum Gasteiger partial charge on any atom is -0.352 e. The lowest BCUT2D eigenvalue weighted by Crippen LogP contribution is -2.45. The molecule has 4 rings (SSSR count). The average Bonchev–Trinajstić information content (AvgIpc) is 3.26. The molecular formula is C26H34N4O2. The van der Waals surface area contributed by atoms with E-state index in [0.717, 1.165) is 63.2 Å². The van der Waals surface area contributed by atoms with E-state index in [1.54, 1.807) is 6.07 Å². The molecule has 2 N–H and O–H groups in total. The number of piperazine rings is 1. The van der Waals surface area contributed by atoms with Gasteiger partial charge in [-0.3, -0.25) is 9.59 Å². The molecule has 1 saturated heterocycles. The van der Waals surface area contributed by atoms with Crippen molar-refractivity contribution in [2.24, 2.45) is 0 Å². The topological polar surface area (TPSA) is 64.7 Å². The highest BCUT2D eigenvalue weighted by Crippen LogP contribution is 2.25. The Morgan fingerprint density at radius 3 is 2.62 bits per heavy atom. The summed E-state index contributed by atoms with van der Waals surface area (Å²) < 4.78 is 0. The van der Waals surface area contributed by atoms with Gasteiger partial charge in [-0.15, -0.1) is 0 Å². The molecule has 0 saturated carbocycles. The number of carbonyl (C=O) groups excluding carboxylic acids is 2. The Morgan fingerprint density at radius 2 is 1.78 bits per heavy atom. The monoisotopic (exact) mass is 434 g/mol. The maximum absolute atomic E-state index is 12.5. The molecule has 0 bridgehead atoms. The van der Waals surface area contributed by atoms with Crippen LogP contribution in [0.25, 0.3) is 0 Å². The van der Waals surface area contributed by atoms with Crippen molar-refractivity contribution in [2.75, 3.05) is 51.6 Å². The van der Waals surface area contributed by atoms with Crippen molar-refractivity contribution in [2.45, 2.75) is 32.1 Å². The summed E-state index contributed by atoms with van der Waals surface area (Å²) in [5, 5.41) is 6.01. The first-order valence-corrected chi connectivity index (χ1v) is 11.8. The smallest absolute Gasteiger partial charge is 0.251 e. The van der Waals surface area contributed by atoms with Gasteiger partial charge >= 0.3 is 0 Å². The lowest BCUT2D eigenvalue weighted by molar-refractivity contribution is -0.115. The molecule has 2 aromatic rings. The predicted molar refractivity (Wildman–Crippen MR) is 128 cm³/mol. The fourth-order valence-corrected chi connectivity index (χ4v) is 4.54. The van der Waals surface area contributed by atoms with Gasteiger partial charge in [0.2, 0.25) is 5.91 Å². The van der Waals surface area contributed by atoms with Crippen molar-refractivity contribution in [1.29, 1.82) is 0 Å². The van der Waals surface area contributed by atoms with Gasteiger partial charge in [0.15, 0.2) is 0 Å². The summed E-state index contributed by atoms with van der Waals surface area (Å²) in [6.07, 6.45) is 4.61. The molecule has 1 heterocycles. The van der Waals surface area contributed by atoms with Crippen LogP contribution in [0.2, 0.25) is 0 Å². The van der Waals surface area contributed by atoms with Gasteiger partial charge in [0.25, 0.3) is 5.91 Å². The molecular weight excluding hydrogens is 400 g/mol. The number of anilines is 1. The van der Waals surface area contributed by atoms with E-state index in [0.29, 0.717) is 12.1 Å². The van der Waals surface area contributed by atoms with Crippen LogP contribution < -0.4 is 10.6 Å². The Bertz CT molecular complexity index is 951. The first-order valence-electron chi connectivity index (χ1n) is 11.8. The van der Waals surface area contributed by atoms with E-state index < -0.39 is 0 Å². The quantitative estimate of drug-likeness (QED) is 0.627. The van der Waals surface area contributed by atoms with Gasteiger partial charge < -0.3 is 20.4 Å². The lowest BCUT2D eigenvalue weighted by atomic mass is 10.1. The maximum atomic E-state index is 12.5. The molecule has 170 valence electrons. The average molecular weight is 435 g/mol. The number of nitrogens with one attached hydrogen (secondary N) is 2. The second-order valence-corrected chi connectivity index (χ2v) is 9.02. The SMILES string of the molecule is CN1CCN(CCCNC(=O)c2cccc(CC(=O)Nc3ccc4c(c3)CCC4)c2)CC1. The van der Waals surface area contributed by atoms with Crippen LogP contribution in [0, 0.1) is 0 Å². The van der Waals surface area contributed by atoms with E-state index in [9.17, 15) is 9.59 Å². The molecule has 2 amide bonds. The molecule has 0 atom stereocenters. The fourth-order valence-electron chi connectivity index (χ4n) is 4.54. The summed E-state index contributed by atoms with van der Waals surface area (Å²) in [4.78, 5) is 29.9. The number of nitrogens with zero attached hydrogens (tertiary/aromatic N) is 2. The zero-order valence-corrected chi connectivity index (χ0v) is 19.0. The lowest BCUT2D eigenvalue weighted by Gasteiger charge is -2.32. The Kier molecular flexibility index (Phi) is 7.55. The first-order chi connectivity index (χ1) is 15.6. The molecule has 32 heavy (non-hydrogen) atoms. The largest absolute Gasteiger partial charge is 0.352 e. The highest BCUT2D eigenvalue weighted by atomic mass is 16.2. The maximum Gasteiger partial charge on any atom is 0.251 e. The summed E-state index contributed by atoms with van der Waals surface area (Å²) >= 11 is 0. The normalized spacial score (nSPS) is 16.5. The summed E-state index contributed by atoms with van der Waals surface area (Å²) in [6, 6.07) is 13.5. The number of hydrogen-bond acceptors (Lipinski definition) is 4. The zero-order chi connectivity index (χ0) is 22.3. The third-order valence-electron chi connectivity index (χ3n) is 6.47. The van der Waals surface area contributed by atoms with E-state index in [-0.39, 0.29) is 18.2 Å². The molecule has 0 aromatic heterocycles. The summed E-state index contributed by atoms with van der Waals surface area (Å²) in [5.74, 6) is -0.142. The van der Waals surface area contributed by atoms with Crippen LogP contribution in [0.15, 0.2) is 42.5 Å². The highest BCUT2D eigenvalue weighted by molar-refractivity contribution is 5.95. The standard InChI is InChI=1S/C26H34N4O2/c1-29-13-15-30(16-14-29)12-4-11-27-26(32)23-8-2-5-20(17-23)18-25(31)28-24-10-9-21-6-3-7-22(21)19-24/h2,5,8-10,17,19H,3-4,6-7,11-16,18H2,1H3,(H,27,32)(H,28,31). The molecule has 0 spiro atoms. The van der Waals surface area contributed by atoms with Crippen molar-refractivity contribution >= 4 is 17.5 Å². The number of carbonyl (C=O) groups is 2. The van der Waals surface area contributed by atoms with Crippen LogP contribution in [-0.4, -0.2) is 67.9 Å². The molecule has 2 aromatic carbocycles. The molecule has 1 aliphatic heterocycles. The summed E-state index contributed by atoms with van der Waals surface area (Å²) in [7, 11) is 2.16. The molecule has 1 fully saturated rings. The van der Waals surface area contributed by atoms with Crippen LogP contribution in [0.5, 0.6) is 0 Å². The number of amides is 2. The van der Waals surface area contributed by atoms with Crippen molar-refractivity contribution < 1.29 is 9.59 Å². The molecule has 6 nitrogen and oxygen atoms in total. The van der Waals surface area contributed by atoms with Crippen LogP contribution in [-0.2, 0) is 24.1 Å². The third kappa shape index (κ3) is 6.17. The van der Waals surface area contributed by atoms with Crippen molar-refractivity contribution in [3.05, 3.63) is 64.7 Å². The van der Waals surface area contributed by atoms with Gasteiger partial charge in [0, 0.05) is 44.0 Å². The van der Waals surface area contributed by atoms with Gasteiger partial charge in [-0.1, -0.05) is 18.2 Å². The summed E-state index contributed by atoms with van der Waals surface area (Å²) in [6.45, 7) is 6.09. The van der Waals surface area contributed by atoms with Gasteiger partial charge in [0.05, 0.1) is 6.42 Å². The van der Waals surface area contributed by atoms with Crippen LogP contribution in [0.4, 0.5) is 5.69 Å². The molecule has 6 heteroatoms. The number of likely N-dealkylation sites (N-methyl/N-ethyl adjacent to an activating group) is 1. The van der Waals surface area contributed by atoms with Gasteiger partial charge in [-0.25, -0.2) is 0 Å². The Labute approximate surface area is 191 Å². The van der Waals surface area contributed by atoms with Crippen LogP contribution >= 0.6 is 0 Å². The van der Waals surface area contributed by atoms with E-state index in [4.69, 9.17) is 0 Å². The predicted octanol–water partition coefficient (Wildman–Crippen LogP) is 2.72. The second-order valence-electron chi connectivity index (χ2n) is 9.02. The van der Waals surface area contributed by atoms with E-state index >= 15 is 0 Å².